The van der Waals surface area contributed by atoms with Gasteiger partial charge in [0.2, 0.25) is 0 Å². The molecule has 2 rings (SSSR count). The van der Waals surface area contributed by atoms with Crippen molar-refractivity contribution in [3.63, 3.8) is 0 Å². The molecule has 0 radical (unpaired) electrons. The summed E-state index contributed by atoms with van der Waals surface area (Å²) in [6.07, 6.45) is 3.97. The van der Waals surface area contributed by atoms with E-state index in [1.54, 1.807) is 12.1 Å². The van der Waals surface area contributed by atoms with E-state index < -0.39 is 0 Å². The Labute approximate surface area is 110 Å². The van der Waals surface area contributed by atoms with E-state index in [1.807, 2.05) is 12.1 Å². The second-order valence-corrected chi connectivity index (χ2v) is 6.48. The molecule has 1 aliphatic rings. The summed E-state index contributed by atoms with van der Waals surface area (Å²) in [4.78, 5) is 0. The zero-order valence-corrected chi connectivity index (χ0v) is 11.7. The molecular weight excluding hydrogens is 225 g/mol. The molecule has 100 valence electrons. The lowest BCUT2D eigenvalue weighted by Crippen LogP contribution is -2.41. The summed E-state index contributed by atoms with van der Waals surface area (Å²) in [6.45, 7) is 7.56. The fourth-order valence-corrected chi connectivity index (χ4v) is 2.52. The van der Waals surface area contributed by atoms with E-state index in [1.165, 1.54) is 24.8 Å². The first-order chi connectivity index (χ1) is 8.46. The molecule has 18 heavy (non-hydrogen) atoms. The molecule has 1 aromatic carbocycles. The van der Waals surface area contributed by atoms with Crippen molar-refractivity contribution in [1.82, 2.24) is 5.32 Å². The largest absolute Gasteiger partial charge is 0.311 e. The molecule has 0 aromatic heterocycles. The summed E-state index contributed by atoms with van der Waals surface area (Å²) >= 11 is 0. The van der Waals surface area contributed by atoms with Crippen LogP contribution in [0, 0.1) is 11.7 Å². The minimum absolute atomic E-state index is 0.141. The lowest BCUT2D eigenvalue weighted by molar-refractivity contribution is 0.242. The van der Waals surface area contributed by atoms with Crippen LogP contribution in [0.3, 0.4) is 0 Å². The number of benzene rings is 1. The van der Waals surface area contributed by atoms with E-state index in [4.69, 9.17) is 0 Å². The van der Waals surface area contributed by atoms with Crippen LogP contribution in [0.4, 0.5) is 4.39 Å². The Bertz CT molecular complexity index is 373. The molecule has 1 aliphatic carbocycles. The first kappa shape index (κ1) is 13.5. The summed E-state index contributed by atoms with van der Waals surface area (Å²) in [5.41, 5.74) is 1.42. The van der Waals surface area contributed by atoms with Gasteiger partial charge in [-0.25, -0.2) is 4.39 Å². The van der Waals surface area contributed by atoms with Gasteiger partial charge in [-0.3, -0.25) is 0 Å². The molecule has 0 spiro atoms. The Morgan fingerprint density at radius 2 is 1.83 bits per heavy atom. The summed E-state index contributed by atoms with van der Waals surface area (Å²) < 4.78 is 13.0. The highest BCUT2D eigenvalue weighted by Crippen LogP contribution is 2.39. The highest BCUT2D eigenvalue weighted by molar-refractivity contribution is 5.22. The van der Waals surface area contributed by atoms with Crippen molar-refractivity contribution < 1.29 is 4.39 Å². The highest BCUT2D eigenvalue weighted by Gasteiger charge is 2.29. The van der Waals surface area contributed by atoms with Crippen LogP contribution in [-0.4, -0.2) is 12.1 Å². The number of hydrogen-bond donors (Lipinski definition) is 1. The van der Waals surface area contributed by atoms with Crippen molar-refractivity contribution in [1.29, 1.82) is 0 Å². The van der Waals surface area contributed by atoms with Gasteiger partial charge in [0.25, 0.3) is 0 Å². The summed E-state index contributed by atoms with van der Waals surface area (Å²) in [5, 5.41) is 3.59. The van der Waals surface area contributed by atoms with Gasteiger partial charge in [0.1, 0.15) is 5.82 Å². The van der Waals surface area contributed by atoms with E-state index in [0.29, 0.717) is 5.92 Å². The van der Waals surface area contributed by atoms with Crippen LogP contribution in [0.5, 0.6) is 0 Å². The lowest BCUT2D eigenvalue weighted by atomic mass is 9.73. The molecule has 1 fully saturated rings. The lowest BCUT2D eigenvalue weighted by Gasteiger charge is -2.36. The molecule has 0 bridgehead atoms. The molecule has 2 heteroatoms. The van der Waals surface area contributed by atoms with E-state index >= 15 is 0 Å². The van der Waals surface area contributed by atoms with Crippen LogP contribution < -0.4 is 5.32 Å². The smallest absolute Gasteiger partial charge is 0.123 e. The average molecular weight is 249 g/mol. The van der Waals surface area contributed by atoms with Crippen molar-refractivity contribution in [2.45, 2.75) is 51.5 Å². The molecule has 0 saturated heterocycles. The number of rotatable bonds is 4. The fourth-order valence-electron chi connectivity index (χ4n) is 2.52. The monoisotopic (exact) mass is 249 g/mol. The third-order valence-corrected chi connectivity index (χ3v) is 3.87. The predicted molar refractivity (Wildman–Crippen MR) is 74.2 cm³/mol. The number of hydrogen-bond acceptors (Lipinski definition) is 1. The molecule has 1 unspecified atom stereocenters. The average Bonchev–Trinajstić information content (AvgIpc) is 2.21. The van der Waals surface area contributed by atoms with E-state index in [9.17, 15) is 4.39 Å². The number of nitrogens with one attached hydrogen (secondary N) is 1. The molecule has 1 atom stereocenters. The SMILES string of the molecule is CC(C)(C)NCC(c1ccc(F)cc1)C1CCC1. The van der Waals surface area contributed by atoms with Crippen molar-refractivity contribution in [2.24, 2.45) is 5.92 Å². The van der Waals surface area contributed by atoms with Crippen LogP contribution >= 0.6 is 0 Å². The Kier molecular flexibility index (Phi) is 4.06. The maximum absolute atomic E-state index is 13.0. The van der Waals surface area contributed by atoms with Crippen molar-refractivity contribution in [3.8, 4) is 0 Å². The fraction of sp³-hybridized carbons (Fsp3) is 0.625. The topological polar surface area (TPSA) is 12.0 Å². The first-order valence-corrected chi connectivity index (χ1v) is 6.96. The van der Waals surface area contributed by atoms with Crippen LogP contribution in [0.25, 0.3) is 0 Å². The highest BCUT2D eigenvalue weighted by atomic mass is 19.1. The van der Waals surface area contributed by atoms with Gasteiger partial charge in [-0.05, 0) is 63.1 Å². The molecule has 1 aromatic rings. The van der Waals surface area contributed by atoms with E-state index in [0.717, 1.165) is 12.5 Å². The minimum atomic E-state index is -0.144. The van der Waals surface area contributed by atoms with Gasteiger partial charge in [0.05, 0.1) is 0 Å². The zero-order chi connectivity index (χ0) is 13.2. The Hall–Kier alpha value is -0.890. The molecule has 0 amide bonds. The standard InChI is InChI=1S/C16H24FN/c1-16(2,3)18-11-15(12-5-4-6-12)13-7-9-14(17)10-8-13/h7-10,12,15,18H,4-6,11H2,1-3H3. The van der Waals surface area contributed by atoms with Gasteiger partial charge in [-0.1, -0.05) is 18.6 Å². The minimum Gasteiger partial charge on any atom is -0.311 e. The van der Waals surface area contributed by atoms with Crippen molar-refractivity contribution in [3.05, 3.63) is 35.6 Å². The quantitative estimate of drug-likeness (QED) is 0.847. The normalized spacial score (nSPS) is 18.4. The molecule has 1 nitrogen and oxygen atoms in total. The van der Waals surface area contributed by atoms with Gasteiger partial charge in [-0.2, -0.15) is 0 Å². The third-order valence-electron chi connectivity index (χ3n) is 3.87. The van der Waals surface area contributed by atoms with Crippen LogP contribution in [0.2, 0.25) is 0 Å². The Balaban J connectivity index is 2.07. The summed E-state index contributed by atoms with van der Waals surface area (Å²) in [7, 11) is 0. The first-order valence-electron chi connectivity index (χ1n) is 6.96. The molecule has 1 N–H and O–H groups in total. The van der Waals surface area contributed by atoms with Crippen LogP contribution in [0.15, 0.2) is 24.3 Å². The summed E-state index contributed by atoms with van der Waals surface area (Å²) in [6, 6.07) is 7.06. The molecule has 0 aliphatic heterocycles. The molecular formula is C16H24FN. The van der Waals surface area contributed by atoms with Crippen LogP contribution in [-0.2, 0) is 0 Å². The van der Waals surface area contributed by atoms with E-state index in [2.05, 4.69) is 26.1 Å². The van der Waals surface area contributed by atoms with Gasteiger partial charge in [0.15, 0.2) is 0 Å². The maximum Gasteiger partial charge on any atom is 0.123 e. The molecule has 1 saturated carbocycles. The molecule has 0 heterocycles. The van der Waals surface area contributed by atoms with Gasteiger partial charge in [-0.15, -0.1) is 0 Å². The maximum atomic E-state index is 13.0. The predicted octanol–water partition coefficient (Wildman–Crippen LogP) is 4.10. The Morgan fingerprint density at radius 3 is 2.28 bits per heavy atom. The second-order valence-electron chi connectivity index (χ2n) is 6.48. The Morgan fingerprint density at radius 1 is 1.22 bits per heavy atom. The van der Waals surface area contributed by atoms with Gasteiger partial charge >= 0.3 is 0 Å². The van der Waals surface area contributed by atoms with Gasteiger partial charge < -0.3 is 5.32 Å². The zero-order valence-electron chi connectivity index (χ0n) is 11.7. The second kappa shape index (κ2) is 5.40. The number of halogens is 1. The van der Waals surface area contributed by atoms with Crippen molar-refractivity contribution in [2.75, 3.05) is 6.54 Å². The third kappa shape index (κ3) is 3.55. The summed E-state index contributed by atoms with van der Waals surface area (Å²) in [5.74, 6) is 1.15. The van der Waals surface area contributed by atoms with E-state index in [-0.39, 0.29) is 11.4 Å². The van der Waals surface area contributed by atoms with Gasteiger partial charge in [0, 0.05) is 12.1 Å². The van der Waals surface area contributed by atoms with Crippen molar-refractivity contribution >= 4 is 0 Å². The van der Waals surface area contributed by atoms with Crippen LogP contribution in [0.1, 0.15) is 51.5 Å².